The molecule has 0 radical (unpaired) electrons. The molecule has 0 aromatic heterocycles. The number of rotatable bonds is 7. The standard InChI is InChI=1S/C12H15BrN2O4/c1-9(14-8-2-7-13)12(16)19-11-5-3-10(4-6-11)15(17)18/h3-6,9,14H,2,7-8H2,1H3. The number of halogens is 1. The average Bonchev–Trinajstić information content (AvgIpc) is 2.39. The lowest BCUT2D eigenvalue weighted by atomic mass is 10.3. The van der Waals surface area contributed by atoms with E-state index in [1.165, 1.54) is 24.3 Å². The zero-order chi connectivity index (χ0) is 14.3. The third kappa shape index (κ3) is 5.35. The molecule has 104 valence electrons. The highest BCUT2D eigenvalue weighted by atomic mass is 79.9. The summed E-state index contributed by atoms with van der Waals surface area (Å²) in [4.78, 5) is 21.7. The minimum atomic E-state index is -0.504. The van der Waals surface area contributed by atoms with Gasteiger partial charge in [-0.1, -0.05) is 15.9 Å². The average molecular weight is 331 g/mol. The van der Waals surface area contributed by atoms with Crippen molar-refractivity contribution in [3.63, 3.8) is 0 Å². The molecule has 0 aliphatic carbocycles. The Morgan fingerprint density at radius 2 is 2.11 bits per heavy atom. The van der Waals surface area contributed by atoms with Crippen LogP contribution in [0.15, 0.2) is 24.3 Å². The highest BCUT2D eigenvalue weighted by molar-refractivity contribution is 9.09. The fourth-order valence-electron chi connectivity index (χ4n) is 1.31. The first-order valence-electron chi connectivity index (χ1n) is 5.80. The van der Waals surface area contributed by atoms with Gasteiger partial charge in [-0.15, -0.1) is 0 Å². The first kappa shape index (κ1) is 15.6. The summed E-state index contributed by atoms with van der Waals surface area (Å²) in [6, 6.07) is 4.98. The van der Waals surface area contributed by atoms with Crippen LogP contribution in [-0.4, -0.2) is 28.8 Å². The number of ether oxygens (including phenoxy) is 1. The molecule has 0 spiro atoms. The molecule has 0 amide bonds. The van der Waals surface area contributed by atoms with Gasteiger partial charge < -0.3 is 10.1 Å². The fourth-order valence-corrected chi connectivity index (χ4v) is 1.59. The Morgan fingerprint density at radius 3 is 2.63 bits per heavy atom. The minimum Gasteiger partial charge on any atom is -0.425 e. The number of esters is 1. The van der Waals surface area contributed by atoms with Crippen molar-refractivity contribution in [2.75, 3.05) is 11.9 Å². The van der Waals surface area contributed by atoms with Gasteiger partial charge in [0.25, 0.3) is 5.69 Å². The number of non-ortho nitro benzene ring substituents is 1. The zero-order valence-corrected chi connectivity index (χ0v) is 12.1. The lowest BCUT2D eigenvalue weighted by molar-refractivity contribution is -0.384. The van der Waals surface area contributed by atoms with E-state index in [4.69, 9.17) is 4.74 Å². The monoisotopic (exact) mass is 330 g/mol. The molecule has 0 saturated heterocycles. The quantitative estimate of drug-likeness (QED) is 0.207. The molecular formula is C12H15BrN2O4. The Bertz CT molecular complexity index is 436. The van der Waals surface area contributed by atoms with Crippen molar-refractivity contribution in [2.24, 2.45) is 0 Å². The topological polar surface area (TPSA) is 81.5 Å². The molecular weight excluding hydrogens is 316 g/mol. The number of hydrogen-bond donors (Lipinski definition) is 1. The number of hydrogen-bond acceptors (Lipinski definition) is 5. The van der Waals surface area contributed by atoms with Gasteiger partial charge in [0.05, 0.1) is 4.92 Å². The number of nitro benzene ring substituents is 1. The van der Waals surface area contributed by atoms with Crippen molar-refractivity contribution in [3.8, 4) is 5.75 Å². The second-order valence-corrected chi connectivity index (χ2v) is 4.68. The summed E-state index contributed by atoms with van der Waals surface area (Å²) in [7, 11) is 0. The second kappa shape index (κ2) is 7.85. The first-order valence-corrected chi connectivity index (χ1v) is 6.92. The van der Waals surface area contributed by atoms with Crippen LogP contribution in [0.4, 0.5) is 5.69 Å². The molecule has 0 fully saturated rings. The number of nitrogens with one attached hydrogen (secondary N) is 1. The highest BCUT2D eigenvalue weighted by Gasteiger charge is 2.15. The van der Waals surface area contributed by atoms with Crippen LogP contribution in [-0.2, 0) is 4.79 Å². The number of nitrogens with zero attached hydrogens (tertiary/aromatic N) is 1. The lowest BCUT2D eigenvalue weighted by Gasteiger charge is -2.12. The van der Waals surface area contributed by atoms with Crippen LogP contribution < -0.4 is 10.1 Å². The van der Waals surface area contributed by atoms with Crippen molar-refractivity contribution in [1.82, 2.24) is 5.32 Å². The third-order valence-corrected chi connectivity index (χ3v) is 2.94. The van der Waals surface area contributed by atoms with E-state index in [-0.39, 0.29) is 5.69 Å². The van der Waals surface area contributed by atoms with Gasteiger partial charge in [-0.2, -0.15) is 0 Å². The maximum Gasteiger partial charge on any atom is 0.328 e. The van der Waals surface area contributed by atoms with Gasteiger partial charge >= 0.3 is 5.97 Å². The second-order valence-electron chi connectivity index (χ2n) is 3.89. The van der Waals surface area contributed by atoms with E-state index < -0.39 is 16.9 Å². The smallest absolute Gasteiger partial charge is 0.328 e. The molecule has 1 atom stereocenters. The van der Waals surface area contributed by atoms with E-state index in [9.17, 15) is 14.9 Å². The predicted molar refractivity (Wildman–Crippen MR) is 74.6 cm³/mol. The SMILES string of the molecule is CC(NCCCBr)C(=O)Oc1ccc([N+](=O)[O-])cc1. The Morgan fingerprint density at radius 1 is 1.47 bits per heavy atom. The molecule has 0 heterocycles. The summed E-state index contributed by atoms with van der Waals surface area (Å²) in [6.07, 6.45) is 0.912. The molecule has 0 aliphatic heterocycles. The molecule has 1 aromatic carbocycles. The Hall–Kier alpha value is -1.47. The van der Waals surface area contributed by atoms with Gasteiger partial charge in [-0.25, -0.2) is 4.79 Å². The van der Waals surface area contributed by atoms with Crippen LogP contribution in [0.3, 0.4) is 0 Å². The van der Waals surface area contributed by atoms with Crippen molar-refractivity contribution in [2.45, 2.75) is 19.4 Å². The number of nitro groups is 1. The molecule has 6 nitrogen and oxygen atoms in total. The van der Waals surface area contributed by atoms with Gasteiger partial charge in [0.2, 0.25) is 0 Å². The molecule has 0 aliphatic rings. The molecule has 1 unspecified atom stereocenters. The van der Waals surface area contributed by atoms with Crippen molar-refractivity contribution in [3.05, 3.63) is 34.4 Å². The zero-order valence-electron chi connectivity index (χ0n) is 10.5. The van der Waals surface area contributed by atoms with Crippen LogP contribution in [0, 0.1) is 10.1 Å². The first-order chi connectivity index (χ1) is 9.04. The van der Waals surface area contributed by atoms with Crippen LogP contribution >= 0.6 is 15.9 Å². The number of carbonyl (C=O) groups is 1. The van der Waals surface area contributed by atoms with Gasteiger partial charge in [-0.3, -0.25) is 10.1 Å². The Labute approximate surface area is 119 Å². The molecule has 1 aromatic rings. The van der Waals surface area contributed by atoms with E-state index in [1.807, 2.05) is 0 Å². The number of alkyl halides is 1. The van der Waals surface area contributed by atoms with E-state index in [0.29, 0.717) is 12.3 Å². The van der Waals surface area contributed by atoms with Crippen LogP contribution in [0.5, 0.6) is 5.75 Å². The summed E-state index contributed by atoms with van der Waals surface area (Å²) in [5.74, 6) is -0.117. The van der Waals surface area contributed by atoms with E-state index >= 15 is 0 Å². The van der Waals surface area contributed by atoms with Gasteiger partial charge in [-0.05, 0) is 32.0 Å². The number of benzene rings is 1. The molecule has 1 rings (SSSR count). The Balaban J connectivity index is 2.49. The maximum absolute atomic E-state index is 11.7. The van der Waals surface area contributed by atoms with Gasteiger partial charge in [0, 0.05) is 17.5 Å². The summed E-state index contributed by atoms with van der Waals surface area (Å²) in [5, 5.41) is 14.4. The molecule has 1 N–H and O–H groups in total. The van der Waals surface area contributed by atoms with Crippen LogP contribution in [0.2, 0.25) is 0 Å². The fraction of sp³-hybridized carbons (Fsp3) is 0.417. The third-order valence-electron chi connectivity index (χ3n) is 2.38. The minimum absolute atomic E-state index is 0.0386. The summed E-state index contributed by atoms with van der Waals surface area (Å²) < 4.78 is 5.11. The molecule has 19 heavy (non-hydrogen) atoms. The summed E-state index contributed by atoms with van der Waals surface area (Å²) in [6.45, 7) is 2.42. The van der Waals surface area contributed by atoms with E-state index in [0.717, 1.165) is 11.8 Å². The van der Waals surface area contributed by atoms with E-state index in [2.05, 4.69) is 21.2 Å². The van der Waals surface area contributed by atoms with Gasteiger partial charge in [0.15, 0.2) is 0 Å². The van der Waals surface area contributed by atoms with Gasteiger partial charge in [0.1, 0.15) is 11.8 Å². The normalized spacial score (nSPS) is 11.9. The van der Waals surface area contributed by atoms with Crippen molar-refractivity contribution in [1.29, 1.82) is 0 Å². The summed E-state index contributed by atoms with van der Waals surface area (Å²) >= 11 is 3.30. The summed E-state index contributed by atoms with van der Waals surface area (Å²) in [5.41, 5.74) is -0.0386. The lowest BCUT2D eigenvalue weighted by Crippen LogP contribution is -2.37. The van der Waals surface area contributed by atoms with E-state index in [1.54, 1.807) is 6.92 Å². The molecule has 0 bridgehead atoms. The number of carbonyl (C=O) groups excluding carboxylic acids is 1. The molecule has 7 heteroatoms. The highest BCUT2D eigenvalue weighted by Crippen LogP contribution is 2.17. The predicted octanol–water partition coefficient (Wildman–Crippen LogP) is 2.26. The van der Waals surface area contributed by atoms with Crippen LogP contribution in [0.25, 0.3) is 0 Å². The molecule has 0 saturated carbocycles. The Kier molecular flexibility index (Phi) is 6.44. The van der Waals surface area contributed by atoms with Crippen LogP contribution in [0.1, 0.15) is 13.3 Å². The van der Waals surface area contributed by atoms with Crippen molar-refractivity contribution >= 4 is 27.6 Å². The van der Waals surface area contributed by atoms with Crippen molar-refractivity contribution < 1.29 is 14.5 Å². The largest absolute Gasteiger partial charge is 0.425 e. The maximum atomic E-state index is 11.7.